The van der Waals surface area contributed by atoms with Crippen molar-refractivity contribution in [2.75, 3.05) is 0 Å². The molecule has 0 aliphatic carbocycles. The molecule has 1 heterocycles. The van der Waals surface area contributed by atoms with Crippen LogP contribution >= 0.6 is 0 Å². The van der Waals surface area contributed by atoms with E-state index in [9.17, 15) is 34.9 Å². The van der Waals surface area contributed by atoms with E-state index in [1.165, 1.54) is 32.2 Å². The number of benzene rings is 1. The minimum Gasteiger partial charge on any atom is -0.744 e. The van der Waals surface area contributed by atoms with Crippen molar-refractivity contribution < 1.29 is 39.5 Å². The van der Waals surface area contributed by atoms with Gasteiger partial charge in [0.25, 0.3) is 0 Å². The van der Waals surface area contributed by atoms with Gasteiger partial charge in [-0.3, -0.25) is 0 Å². The summed E-state index contributed by atoms with van der Waals surface area (Å²) in [6.07, 6.45) is 9.62. The minimum atomic E-state index is -5.77. The first kappa shape index (κ1) is 23.0. The average molecular weight is 411 g/mol. The molecule has 10 heteroatoms. The van der Waals surface area contributed by atoms with E-state index in [1.54, 1.807) is 0 Å². The summed E-state index contributed by atoms with van der Waals surface area (Å²) in [5.41, 5.74) is 0. The SMILES string of the molecule is CCCCCC[n+]1ccccc1.O=S(=O)([O-])c1c(F)c(F)c(F)c(F)c1F. The Balaban J connectivity index is 0.000000277. The summed E-state index contributed by atoms with van der Waals surface area (Å²) in [5.74, 6) is -12.8. The Morgan fingerprint density at radius 2 is 1.30 bits per heavy atom. The lowest BCUT2D eigenvalue weighted by molar-refractivity contribution is -0.697. The first-order valence-electron chi connectivity index (χ1n) is 8.02. The van der Waals surface area contributed by atoms with Crippen molar-refractivity contribution in [1.82, 2.24) is 0 Å². The lowest BCUT2D eigenvalue weighted by Crippen LogP contribution is -2.32. The Morgan fingerprint density at radius 1 is 0.815 bits per heavy atom. The van der Waals surface area contributed by atoms with Gasteiger partial charge in [0.05, 0.1) is 0 Å². The molecule has 4 nitrogen and oxygen atoms in total. The van der Waals surface area contributed by atoms with Gasteiger partial charge in [-0.05, 0) is 6.42 Å². The molecule has 1 aromatic heterocycles. The molecule has 2 aromatic rings. The maximum absolute atomic E-state index is 12.6. The van der Waals surface area contributed by atoms with Gasteiger partial charge in [0.2, 0.25) is 5.82 Å². The van der Waals surface area contributed by atoms with Crippen LogP contribution in [0.4, 0.5) is 22.0 Å². The third-order valence-electron chi connectivity index (χ3n) is 3.47. The van der Waals surface area contributed by atoms with Gasteiger partial charge >= 0.3 is 0 Å². The Morgan fingerprint density at radius 3 is 1.74 bits per heavy atom. The van der Waals surface area contributed by atoms with Crippen LogP contribution in [-0.2, 0) is 16.7 Å². The third kappa shape index (κ3) is 6.55. The van der Waals surface area contributed by atoms with Crippen molar-refractivity contribution >= 4 is 10.1 Å². The van der Waals surface area contributed by atoms with Crippen molar-refractivity contribution in [2.45, 2.75) is 44.0 Å². The van der Waals surface area contributed by atoms with Crippen LogP contribution in [0, 0.1) is 29.1 Å². The molecule has 0 unspecified atom stereocenters. The maximum Gasteiger partial charge on any atom is 0.200 e. The molecule has 0 fully saturated rings. The van der Waals surface area contributed by atoms with Crippen LogP contribution in [0.3, 0.4) is 0 Å². The molecule has 0 saturated carbocycles. The number of aromatic nitrogens is 1. The van der Waals surface area contributed by atoms with E-state index < -0.39 is 44.1 Å². The highest BCUT2D eigenvalue weighted by atomic mass is 32.2. The molecule has 0 aliphatic heterocycles. The van der Waals surface area contributed by atoms with E-state index in [0.29, 0.717) is 0 Å². The molecule has 0 amide bonds. The molecule has 150 valence electrons. The summed E-state index contributed by atoms with van der Waals surface area (Å²) >= 11 is 0. The second kappa shape index (κ2) is 10.3. The van der Waals surface area contributed by atoms with Gasteiger partial charge in [-0.25, -0.2) is 34.9 Å². The number of halogens is 5. The van der Waals surface area contributed by atoms with Gasteiger partial charge in [-0.15, -0.1) is 0 Å². The number of aryl methyl sites for hydroxylation is 1. The first-order valence-corrected chi connectivity index (χ1v) is 9.43. The van der Waals surface area contributed by atoms with Gasteiger partial charge in [0, 0.05) is 18.6 Å². The van der Waals surface area contributed by atoms with Crippen LogP contribution < -0.4 is 4.57 Å². The van der Waals surface area contributed by atoms with Gasteiger partial charge in [0.15, 0.2) is 35.7 Å². The summed E-state index contributed by atoms with van der Waals surface area (Å²) in [6.45, 7) is 3.41. The molecular weight excluding hydrogens is 393 g/mol. The monoisotopic (exact) mass is 411 g/mol. The van der Waals surface area contributed by atoms with Crippen LogP contribution in [0.25, 0.3) is 0 Å². The predicted octanol–water partition coefficient (Wildman–Crippen LogP) is 3.84. The van der Waals surface area contributed by atoms with E-state index in [2.05, 4.69) is 42.1 Å². The molecular formula is C17H18F5NO3S. The Labute approximate surface area is 154 Å². The summed E-state index contributed by atoms with van der Waals surface area (Å²) in [6, 6.07) is 6.22. The van der Waals surface area contributed by atoms with Gasteiger partial charge in [0.1, 0.15) is 21.6 Å². The van der Waals surface area contributed by atoms with Crippen molar-refractivity contribution in [3.63, 3.8) is 0 Å². The van der Waals surface area contributed by atoms with Crippen LogP contribution in [0.5, 0.6) is 0 Å². The fourth-order valence-electron chi connectivity index (χ4n) is 2.11. The largest absolute Gasteiger partial charge is 0.744 e. The standard InChI is InChI=1S/C11H18N.C6HF5O3S/c1-2-3-4-6-9-12-10-7-5-8-11-12;7-1-2(8)4(10)6(15(12,13)14)5(11)3(1)9/h5,7-8,10-11H,2-4,6,9H2,1H3;(H,12,13,14)/q+1;/p-1. The molecule has 0 saturated heterocycles. The van der Waals surface area contributed by atoms with E-state index in [0.717, 1.165) is 0 Å². The summed E-state index contributed by atoms with van der Waals surface area (Å²) < 4.78 is 95.1. The number of rotatable bonds is 6. The Bertz CT molecular complexity index is 832. The van der Waals surface area contributed by atoms with Gasteiger partial charge in [-0.1, -0.05) is 25.8 Å². The lowest BCUT2D eigenvalue weighted by Gasteiger charge is -2.10. The molecule has 0 radical (unpaired) electrons. The molecule has 2 rings (SSSR count). The molecule has 1 aromatic carbocycles. The van der Waals surface area contributed by atoms with Gasteiger partial charge < -0.3 is 4.55 Å². The highest BCUT2D eigenvalue weighted by Gasteiger charge is 2.28. The topological polar surface area (TPSA) is 61.1 Å². The molecule has 0 bridgehead atoms. The van der Waals surface area contributed by atoms with Crippen LogP contribution in [-0.4, -0.2) is 13.0 Å². The Kier molecular flexibility index (Phi) is 8.77. The summed E-state index contributed by atoms with van der Waals surface area (Å²) in [7, 11) is -5.77. The van der Waals surface area contributed by atoms with Crippen LogP contribution in [0.1, 0.15) is 32.6 Å². The number of hydrogen-bond acceptors (Lipinski definition) is 3. The zero-order chi connectivity index (χ0) is 20.6. The Hall–Kier alpha value is -2.07. The summed E-state index contributed by atoms with van der Waals surface area (Å²) in [5, 5.41) is 0. The van der Waals surface area contributed by atoms with Gasteiger partial charge in [-0.2, -0.15) is 0 Å². The minimum absolute atomic E-state index is 1.17. The molecule has 27 heavy (non-hydrogen) atoms. The maximum atomic E-state index is 12.6. The fourth-order valence-corrected chi connectivity index (χ4v) is 2.73. The number of pyridine rings is 1. The highest BCUT2D eigenvalue weighted by Crippen LogP contribution is 2.26. The van der Waals surface area contributed by atoms with Crippen molar-refractivity contribution in [1.29, 1.82) is 0 Å². The smallest absolute Gasteiger partial charge is 0.200 e. The van der Waals surface area contributed by atoms with Crippen molar-refractivity contribution in [2.24, 2.45) is 0 Å². The van der Waals surface area contributed by atoms with Crippen molar-refractivity contribution in [3.8, 4) is 0 Å². The number of nitrogens with zero attached hydrogens (tertiary/aromatic N) is 1. The quantitative estimate of drug-likeness (QED) is 0.181. The zero-order valence-electron chi connectivity index (χ0n) is 14.4. The third-order valence-corrected chi connectivity index (χ3v) is 4.33. The molecule has 0 N–H and O–H groups in total. The predicted molar refractivity (Wildman–Crippen MR) is 85.0 cm³/mol. The lowest BCUT2D eigenvalue weighted by atomic mass is 10.2. The van der Waals surface area contributed by atoms with E-state index in [-0.39, 0.29) is 0 Å². The number of hydrogen-bond donors (Lipinski definition) is 0. The normalized spacial score (nSPS) is 11.1. The van der Waals surface area contributed by atoms with E-state index >= 15 is 0 Å². The molecule has 0 aliphatic rings. The average Bonchev–Trinajstić information content (AvgIpc) is 2.62. The second-order valence-corrected chi connectivity index (χ2v) is 6.84. The second-order valence-electron chi connectivity index (χ2n) is 5.53. The first-order chi connectivity index (χ1) is 12.6. The van der Waals surface area contributed by atoms with E-state index in [1.807, 2.05) is 0 Å². The van der Waals surface area contributed by atoms with Crippen molar-refractivity contribution in [3.05, 3.63) is 59.7 Å². The zero-order valence-corrected chi connectivity index (χ0v) is 15.2. The molecule has 0 spiro atoms. The number of unbranched alkanes of at least 4 members (excludes halogenated alkanes) is 3. The van der Waals surface area contributed by atoms with E-state index in [4.69, 9.17) is 0 Å². The molecule has 0 atom stereocenters. The highest BCUT2D eigenvalue weighted by molar-refractivity contribution is 7.85. The summed E-state index contributed by atoms with van der Waals surface area (Å²) in [4.78, 5) is -2.38. The van der Waals surface area contributed by atoms with Crippen LogP contribution in [0.2, 0.25) is 0 Å². The van der Waals surface area contributed by atoms with Crippen LogP contribution in [0.15, 0.2) is 35.5 Å². The fraction of sp³-hybridized carbons (Fsp3) is 0.353.